The molecule has 3 atom stereocenters. The largest absolute Gasteiger partial charge is 0.444 e. The van der Waals surface area contributed by atoms with Crippen LogP contribution in [0.3, 0.4) is 0 Å². The van der Waals surface area contributed by atoms with E-state index in [1.807, 2.05) is 0 Å². The fraction of sp³-hybridized carbons (Fsp3) is 0.842. The minimum atomic E-state index is -1.04. The van der Waals surface area contributed by atoms with Crippen molar-refractivity contribution in [2.45, 2.75) is 84.2 Å². The number of hydrogen-bond donors (Lipinski definition) is 1. The molecule has 0 aromatic heterocycles. The smallest absolute Gasteiger partial charge is 0.417 e. The van der Waals surface area contributed by atoms with E-state index in [0.717, 1.165) is 11.3 Å². The van der Waals surface area contributed by atoms with E-state index in [9.17, 15) is 19.5 Å². The molecule has 3 amide bonds. The summed E-state index contributed by atoms with van der Waals surface area (Å²) in [6.07, 6.45) is -0.553. The molecule has 0 saturated carbocycles. The molecule has 0 aliphatic carbocycles. The third-order valence-corrected chi connectivity index (χ3v) is 4.59. The zero-order valence-corrected chi connectivity index (χ0v) is 17.2. The van der Waals surface area contributed by atoms with Gasteiger partial charge < -0.3 is 19.5 Å². The highest BCUT2D eigenvalue weighted by atomic mass is 16.6. The van der Waals surface area contributed by atoms with Gasteiger partial charge in [0.15, 0.2) is 0 Å². The van der Waals surface area contributed by atoms with Crippen molar-refractivity contribution < 1.29 is 29.0 Å². The summed E-state index contributed by atoms with van der Waals surface area (Å²) in [6.45, 7) is 11.2. The topological polar surface area (TPSA) is 96.4 Å². The zero-order valence-electron chi connectivity index (χ0n) is 17.2. The van der Waals surface area contributed by atoms with Gasteiger partial charge in [-0.25, -0.2) is 14.5 Å². The van der Waals surface area contributed by atoms with Crippen LogP contribution in [0.4, 0.5) is 9.59 Å². The van der Waals surface area contributed by atoms with Crippen molar-refractivity contribution in [2.24, 2.45) is 5.92 Å². The van der Waals surface area contributed by atoms with Gasteiger partial charge in [-0.15, -0.1) is 0 Å². The van der Waals surface area contributed by atoms with Gasteiger partial charge in [0, 0.05) is 13.1 Å². The Morgan fingerprint density at radius 2 is 1.56 bits per heavy atom. The average molecular weight is 384 g/mol. The quantitative estimate of drug-likeness (QED) is 0.786. The molecular formula is C19H32N2O6. The SMILES string of the molecule is CC(C)(C)OC(=O)N1CCC(C(O)[C@@H]2CCCN2C(=O)OC(C)(C)C)C1=O. The number of amides is 3. The fourth-order valence-electron chi connectivity index (χ4n) is 3.48. The lowest BCUT2D eigenvalue weighted by atomic mass is 9.93. The molecular weight excluding hydrogens is 352 g/mol. The van der Waals surface area contributed by atoms with Crippen molar-refractivity contribution in [3.8, 4) is 0 Å². The molecule has 8 nitrogen and oxygen atoms in total. The van der Waals surface area contributed by atoms with Crippen LogP contribution in [0.15, 0.2) is 0 Å². The second-order valence-corrected chi connectivity index (χ2v) is 9.24. The molecule has 0 radical (unpaired) electrons. The Balaban J connectivity index is 2.04. The van der Waals surface area contributed by atoms with E-state index >= 15 is 0 Å². The predicted molar refractivity (Wildman–Crippen MR) is 98.0 cm³/mol. The minimum absolute atomic E-state index is 0.203. The average Bonchev–Trinajstić information content (AvgIpc) is 3.09. The Kier molecular flexibility index (Phi) is 6.09. The van der Waals surface area contributed by atoms with Crippen LogP contribution in [-0.4, -0.2) is 69.4 Å². The lowest BCUT2D eigenvalue weighted by molar-refractivity contribution is -0.134. The van der Waals surface area contributed by atoms with E-state index in [0.29, 0.717) is 19.4 Å². The Labute approximate surface area is 160 Å². The van der Waals surface area contributed by atoms with Crippen LogP contribution in [-0.2, 0) is 14.3 Å². The fourth-order valence-corrected chi connectivity index (χ4v) is 3.48. The van der Waals surface area contributed by atoms with Gasteiger partial charge in [-0.1, -0.05) is 0 Å². The summed E-state index contributed by atoms with van der Waals surface area (Å²) in [4.78, 5) is 39.8. The summed E-state index contributed by atoms with van der Waals surface area (Å²) < 4.78 is 10.7. The summed E-state index contributed by atoms with van der Waals surface area (Å²) in [6, 6.07) is -0.493. The molecule has 2 aliphatic heterocycles. The number of carbonyl (C=O) groups excluding carboxylic acids is 3. The maximum absolute atomic E-state index is 12.7. The molecule has 0 aromatic rings. The van der Waals surface area contributed by atoms with Crippen molar-refractivity contribution in [3.63, 3.8) is 0 Å². The normalized spacial score (nSPS) is 24.9. The number of hydrogen-bond acceptors (Lipinski definition) is 6. The first kappa shape index (κ1) is 21.5. The van der Waals surface area contributed by atoms with Crippen LogP contribution in [0, 0.1) is 5.92 Å². The van der Waals surface area contributed by atoms with Gasteiger partial charge in [0.1, 0.15) is 11.2 Å². The van der Waals surface area contributed by atoms with Crippen LogP contribution in [0.2, 0.25) is 0 Å². The highest BCUT2D eigenvalue weighted by Crippen LogP contribution is 2.31. The summed E-state index contributed by atoms with van der Waals surface area (Å²) in [5.74, 6) is -1.18. The number of imide groups is 1. The van der Waals surface area contributed by atoms with E-state index < -0.39 is 47.4 Å². The maximum Gasteiger partial charge on any atom is 0.417 e. The van der Waals surface area contributed by atoms with Crippen LogP contribution in [0.1, 0.15) is 60.8 Å². The van der Waals surface area contributed by atoms with Crippen LogP contribution in [0.25, 0.3) is 0 Å². The van der Waals surface area contributed by atoms with Crippen LogP contribution >= 0.6 is 0 Å². The van der Waals surface area contributed by atoms with Crippen LogP contribution < -0.4 is 0 Å². The number of aliphatic hydroxyl groups is 1. The molecule has 27 heavy (non-hydrogen) atoms. The van der Waals surface area contributed by atoms with E-state index in [1.54, 1.807) is 41.5 Å². The summed E-state index contributed by atoms with van der Waals surface area (Å²) >= 11 is 0. The molecule has 2 aliphatic rings. The van der Waals surface area contributed by atoms with Crippen molar-refractivity contribution >= 4 is 18.1 Å². The van der Waals surface area contributed by atoms with Gasteiger partial charge in [0.25, 0.3) is 0 Å². The summed E-state index contributed by atoms with van der Waals surface area (Å²) in [5.41, 5.74) is -1.33. The first-order chi connectivity index (χ1) is 12.3. The van der Waals surface area contributed by atoms with E-state index in [2.05, 4.69) is 0 Å². The molecule has 0 bridgehead atoms. The molecule has 2 rings (SSSR count). The van der Waals surface area contributed by atoms with Crippen molar-refractivity contribution in [1.29, 1.82) is 0 Å². The van der Waals surface area contributed by atoms with E-state index in [-0.39, 0.29) is 6.54 Å². The number of nitrogens with zero attached hydrogens (tertiary/aromatic N) is 2. The second kappa shape index (κ2) is 7.66. The van der Waals surface area contributed by atoms with Crippen molar-refractivity contribution in [2.75, 3.05) is 13.1 Å². The standard InChI is InChI=1S/C19H32N2O6/c1-18(2,3)26-16(24)20-10-7-8-13(20)14(22)12-9-11-21(15(12)23)17(25)27-19(4,5)6/h12-14,22H,7-11H2,1-6H3/t12?,13-,14?/m0/s1. The number of aliphatic hydroxyl groups excluding tert-OH is 1. The van der Waals surface area contributed by atoms with Crippen molar-refractivity contribution in [1.82, 2.24) is 9.80 Å². The maximum atomic E-state index is 12.7. The molecule has 2 saturated heterocycles. The monoisotopic (exact) mass is 384 g/mol. The second-order valence-electron chi connectivity index (χ2n) is 9.24. The number of carbonyl (C=O) groups is 3. The minimum Gasteiger partial charge on any atom is -0.444 e. The molecule has 154 valence electrons. The number of ether oxygens (including phenoxy) is 2. The van der Waals surface area contributed by atoms with Gasteiger partial charge in [-0.05, 0) is 60.8 Å². The highest BCUT2D eigenvalue weighted by molar-refractivity contribution is 5.95. The molecule has 2 fully saturated rings. The first-order valence-corrected chi connectivity index (χ1v) is 9.52. The Morgan fingerprint density at radius 3 is 2.11 bits per heavy atom. The van der Waals surface area contributed by atoms with Gasteiger partial charge in [0.05, 0.1) is 18.1 Å². The number of rotatable bonds is 2. The Morgan fingerprint density at radius 1 is 1.00 bits per heavy atom. The lowest BCUT2D eigenvalue weighted by Gasteiger charge is -2.32. The van der Waals surface area contributed by atoms with Gasteiger partial charge in [-0.2, -0.15) is 0 Å². The number of likely N-dealkylation sites (tertiary alicyclic amines) is 2. The molecule has 1 N–H and O–H groups in total. The third-order valence-electron chi connectivity index (χ3n) is 4.59. The molecule has 0 aromatic carbocycles. The lowest BCUT2D eigenvalue weighted by Crippen LogP contribution is -2.49. The Hall–Kier alpha value is -1.83. The summed E-state index contributed by atoms with van der Waals surface area (Å²) in [7, 11) is 0. The molecule has 2 heterocycles. The van der Waals surface area contributed by atoms with Gasteiger partial charge in [-0.3, -0.25) is 4.79 Å². The van der Waals surface area contributed by atoms with Crippen LogP contribution in [0.5, 0.6) is 0 Å². The highest BCUT2D eigenvalue weighted by Gasteiger charge is 2.47. The predicted octanol–water partition coefficient (Wildman–Crippen LogP) is 2.53. The van der Waals surface area contributed by atoms with Gasteiger partial charge in [0.2, 0.25) is 5.91 Å². The first-order valence-electron chi connectivity index (χ1n) is 9.52. The summed E-state index contributed by atoms with van der Waals surface area (Å²) in [5, 5.41) is 10.8. The van der Waals surface area contributed by atoms with Gasteiger partial charge >= 0.3 is 12.2 Å². The van der Waals surface area contributed by atoms with E-state index in [1.165, 1.54) is 4.90 Å². The third kappa shape index (κ3) is 5.34. The Bertz CT molecular complexity index is 592. The molecule has 0 spiro atoms. The molecule has 8 heteroatoms. The van der Waals surface area contributed by atoms with Crippen molar-refractivity contribution in [3.05, 3.63) is 0 Å². The molecule has 2 unspecified atom stereocenters. The zero-order chi connectivity index (χ0) is 20.6. The van der Waals surface area contributed by atoms with E-state index in [4.69, 9.17) is 9.47 Å².